The number of anilines is 2. The Morgan fingerprint density at radius 2 is 1.32 bits per heavy atom. The number of aromatic nitrogens is 10. The van der Waals surface area contributed by atoms with Gasteiger partial charge < -0.3 is 24.7 Å². The van der Waals surface area contributed by atoms with E-state index < -0.39 is 56.9 Å². The lowest BCUT2D eigenvalue weighted by molar-refractivity contribution is -0.128. The van der Waals surface area contributed by atoms with Gasteiger partial charge in [-0.1, -0.05) is 24.2 Å². The maximum Gasteiger partial charge on any atom is 0.355 e. The van der Waals surface area contributed by atoms with Crippen LogP contribution >= 0.6 is 11.6 Å². The molecule has 0 radical (unpaired) electrons. The first-order chi connectivity index (χ1) is 35.4. The summed E-state index contributed by atoms with van der Waals surface area (Å²) < 4.78 is 82.0. The molecule has 3 N–H and O–H groups in total. The minimum absolute atomic E-state index is 0.0212. The second-order valence-corrected chi connectivity index (χ2v) is 19.3. The number of aryl methyl sites for hydroxylation is 2. The number of nitrogens with one attached hydrogen (secondary N) is 1. The van der Waals surface area contributed by atoms with Gasteiger partial charge >= 0.3 is 11.4 Å². The number of amides is 1. The minimum Gasteiger partial charge on any atom is -0.398 e. The highest BCUT2D eigenvalue weighted by Crippen LogP contribution is 2.48. The summed E-state index contributed by atoms with van der Waals surface area (Å²) in [6.45, 7) is 7.84. The molecule has 12 rings (SSSR count). The largest absolute Gasteiger partial charge is 0.398 e. The van der Waals surface area contributed by atoms with Gasteiger partial charge in [-0.25, -0.2) is 60.6 Å². The molecular weight excluding hydrogens is 989 g/mol. The molecule has 3 aliphatic rings. The van der Waals surface area contributed by atoms with E-state index in [1.165, 1.54) is 30.3 Å². The first-order valence-electron chi connectivity index (χ1n) is 23.5. The second-order valence-electron chi connectivity index (χ2n) is 19.0. The Hall–Kier alpha value is -8.27. The van der Waals surface area contributed by atoms with Crippen molar-refractivity contribution in [3.8, 4) is 22.6 Å². The standard InChI is InChI=1S/C33H31F3N8O2.C18H12ClF2N5O2/c1-5-25(45)42-13-17(3)43(14-16(42)2)31-19-11-21(35)28(27-20(34)7-6-8-23(27)37)39-32(19)44(33(46)40-31)30-22(36)12-24-29(38-15-41(24)4)26(30)18-9-10-18;1-25-6-22-13-11(25)5-9(20)14(12(13)7-2-3-7)26-16-8(17(27)24-18(26)28)4-10(21)15(19)23-16/h5-8,11-12,15-18H,1,9-10,13-14,37H2,2-4H3;4-7H,2-3H2,1H3,(H,24,27,28)/t16-,17+;/m1./s1. The number of imidazole rings is 2. The average molecular weight is 1030 g/mol. The predicted octanol–water partition coefficient (Wildman–Crippen LogP) is 7.59. The molecule has 17 nitrogen and oxygen atoms in total. The Bertz CT molecular complexity index is 4070. The highest BCUT2D eigenvalue weighted by Gasteiger charge is 2.38. The number of rotatable bonds is 7. The fraction of sp³-hybridized carbons (Fsp3) is 0.275. The third-order valence-electron chi connectivity index (χ3n) is 14.0. The highest BCUT2D eigenvalue weighted by molar-refractivity contribution is 6.29. The average Bonchev–Trinajstić information content (AvgIpc) is 4.30. The number of hydrogen-bond donors (Lipinski definition) is 2. The van der Waals surface area contributed by atoms with E-state index in [-0.39, 0.29) is 93.4 Å². The molecule has 0 unspecified atom stereocenters. The van der Waals surface area contributed by atoms with Crippen LogP contribution in [0.1, 0.15) is 62.5 Å². The van der Waals surface area contributed by atoms with Crippen molar-refractivity contribution in [1.29, 1.82) is 0 Å². The molecule has 378 valence electrons. The third kappa shape index (κ3) is 7.76. The first kappa shape index (κ1) is 48.0. The predicted molar refractivity (Wildman–Crippen MR) is 268 cm³/mol. The quantitative estimate of drug-likeness (QED) is 0.0690. The van der Waals surface area contributed by atoms with E-state index in [0.29, 0.717) is 33.2 Å². The van der Waals surface area contributed by atoms with Gasteiger partial charge in [0.2, 0.25) is 5.91 Å². The van der Waals surface area contributed by atoms with Gasteiger partial charge in [0.15, 0.2) is 28.1 Å². The van der Waals surface area contributed by atoms with Crippen LogP contribution in [0.5, 0.6) is 0 Å². The summed E-state index contributed by atoms with van der Waals surface area (Å²) in [6, 6.07) is 7.89. The van der Waals surface area contributed by atoms with Crippen LogP contribution in [0, 0.1) is 29.1 Å². The molecule has 23 heteroatoms. The van der Waals surface area contributed by atoms with Crippen molar-refractivity contribution in [1.82, 2.24) is 53.1 Å². The molecule has 7 heterocycles. The minimum atomic E-state index is -0.909. The number of benzene rings is 3. The van der Waals surface area contributed by atoms with E-state index >= 15 is 17.6 Å². The van der Waals surface area contributed by atoms with Crippen molar-refractivity contribution >= 4 is 73.1 Å². The molecule has 1 amide bonds. The first-order valence-corrected chi connectivity index (χ1v) is 23.9. The molecule has 0 bridgehead atoms. The van der Waals surface area contributed by atoms with E-state index in [0.717, 1.165) is 53.0 Å². The van der Waals surface area contributed by atoms with E-state index in [2.05, 4.69) is 36.5 Å². The van der Waals surface area contributed by atoms with Crippen LogP contribution in [-0.4, -0.2) is 84.2 Å². The summed E-state index contributed by atoms with van der Waals surface area (Å²) in [7, 11) is 3.50. The van der Waals surface area contributed by atoms with Crippen LogP contribution < -0.4 is 27.6 Å². The number of halogens is 6. The SMILES string of the molecule is C=CC(=O)N1C[C@H](C)N(c2nc(=O)n(-c3c(F)cc4c(ncn4C)c3C3CC3)c3nc(-c4c(N)cccc4F)c(F)cc23)C[C@H]1C.Cn1cnc2c(C3CC3)c(-n3c(=O)[nH]c(=O)c4cc(F)c(Cl)nc43)c(F)cc21. The van der Waals surface area contributed by atoms with Gasteiger partial charge in [-0.15, -0.1) is 0 Å². The summed E-state index contributed by atoms with van der Waals surface area (Å²) in [5.41, 5.74) is 5.66. The number of aromatic amines is 1. The fourth-order valence-electron chi connectivity index (χ4n) is 10.1. The Kier molecular flexibility index (Phi) is 11.5. The lowest BCUT2D eigenvalue weighted by atomic mass is 10.0. The number of hydrogen-bond acceptors (Lipinski definition) is 11. The van der Waals surface area contributed by atoms with Crippen LogP contribution in [0.3, 0.4) is 0 Å². The fourth-order valence-corrected chi connectivity index (χ4v) is 10.3. The van der Waals surface area contributed by atoms with Gasteiger partial charge in [0.05, 0.1) is 62.4 Å². The Labute approximate surface area is 420 Å². The van der Waals surface area contributed by atoms with Gasteiger partial charge in [-0.05, 0) is 81.7 Å². The monoisotopic (exact) mass is 1030 g/mol. The summed E-state index contributed by atoms with van der Waals surface area (Å²) in [4.78, 5) is 78.8. The number of H-pyrrole nitrogens is 1. The number of piperazine rings is 1. The zero-order chi connectivity index (χ0) is 52.3. The smallest absolute Gasteiger partial charge is 0.355 e. The molecule has 0 spiro atoms. The number of carbonyl (C=O) groups excluding carboxylic acids is 1. The molecule has 6 aromatic heterocycles. The van der Waals surface area contributed by atoms with Crippen molar-refractivity contribution in [2.24, 2.45) is 14.1 Å². The van der Waals surface area contributed by atoms with E-state index in [1.807, 2.05) is 18.7 Å². The summed E-state index contributed by atoms with van der Waals surface area (Å²) >= 11 is 5.78. The number of fused-ring (bicyclic) bond motifs is 4. The molecule has 3 fully saturated rings. The summed E-state index contributed by atoms with van der Waals surface area (Å²) in [5, 5.41) is -0.608. The van der Waals surface area contributed by atoms with Crippen molar-refractivity contribution in [2.45, 2.75) is 63.5 Å². The normalized spacial score (nSPS) is 16.9. The van der Waals surface area contributed by atoms with Crippen LogP contribution in [0.15, 0.2) is 82.2 Å². The van der Waals surface area contributed by atoms with Crippen molar-refractivity contribution in [3.63, 3.8) is 0 Å². The Balaban J connectivity index is 0.000000179. The van der Waals surface area contributed by atoms with E-state index in [9.17, 15) is 23.6 Å². The molecule has 1 saturated heterocycles. The van der Waals surface area contributed by atoms with Crippen molar-refractivity contribution < 1.29 is 26.7 Å². The lowest BCUT2D eigenvalue weighted by Crippen LogP contribution is -2.58. The van der Waals surface area contributed by atoms with Gasteiger partial charge in [0.25, 0.3) is 5.56 Å². The van der Waals surface area contributed by atoms with Gasteiger partial charge in [-0.2, -0.15) is 4.98 Å². The number of pyridine rings is 2. The van der Waals surface area contributed by atoms with Gasteiger partial charge in [0, 0.05) is 68.2 Å². The Morgan fingerprint density at radius 1 is 0.743 bits per heavy atom. The molecule has 3 aromatic carbocycles. The van der Waals surface area contributed by atoms with Crippen LogP contribution in [0.25, 0.3) is 66.8 Å². The van der Waals surface area contributed by atoms with Crippen LogP contribution in [0.4, 0.5) is 33.5 Å². The molecular formula is C51H43ClF5N13O4. The van der Waals surface area contributed by atoms with Crippen LogP contribution in [-0.2, 0) is 18.9 Å². The number of nitrogen functional groups attached to an aromatic ring is 1. The van der Waals surface area contributed by atoms with Crippen molar-refractivity contribution in [3.05, 3.63) is 144 Å². The molecule has 74 heavy (non-hydrogen) atoms. The number of nitrogens with two attached hydrogens (primary N) is 1. The van der Waals surface area contributed by atoms with E-state index in [1.54, 1.807) is 40.8 Å². The molecule has 1 aliphatic heterocycles. The molecule has 2 atom stereocenters. The highest BCUT2D eigenvalue weighted by atomic mass is 35.5. The second kappa shape index (κ2) is 17.7. The maximum absolute atomic E-state index is 16.3. The van der Waals surface area contributed by atoms with Gasteiger partial charge in [0.1, 0.15) is 29.0 Å². The number of carbonyl (C=O) groups is 1. The van der Waals surface area contributed by atoms with Crippen molar-refractivity contribution in [2.75, 3.05) is 23.7 Å². The third-order valence-corrected chi connectivity index (χ3v) is 14.2. The summed E-state index contributed by atoms with van der Waals surface area (Å²) in [5.74, 6) is -4.15. The number of nitrogens with zero attached hydrogens (tertiary/aromatic N) is 11. The zero-order valence-electron chi connectivity index (χ0n) is 39.9. The van der Waals surface area contributed by atoms with Gasteiger partial charge in [-0.3, -0.25) is 14.6 Å². The van der Waals surface area contributed by atoms with Crippen LogP contribution in [0.2, 0.25) is 5.15 Å². The van der Waals surface area contributed by atoms with E-state index in [4.69, 9.17) is 17.3 Å². The molecule has 2 saturated carbocycles. The molecule has 2 aliphatic carbocycles. The maximum atomic E-state index is 16.3. The topological polar surface area (TPSA) is 201 Å². The lowest BCUT2D eigenvalue weighted by Gasteiger charge is -2.44. The Morgan fingerprint density at radius 3 is 1.91 bits per heavy atom. The zero-order valence-corrected chi connectivity index (χ0v) is 40.7. The summed E-state index contributed by atoms with van der Waals surface area (Å²) in [6.07, 6.45) is 7.56. The molecule has 9 aromatic rings.